The van der Waals surface area contributed by atoms with Crippen LogP contribution in [0.4, 0.5) is 16.3 Å². The first-order chi connectivity index (χ1) is 14.9. The van der Waals surface area contributed by atoms with Crippen molar-refractivity contribution in [3.8, 4) is 0 Å². The number of furan rings is 1. The highest BCUT2D eigenvalue weighted by molar-refractivity contribution is 5.44. The van der Waals surface area contributed by atoms with Gasteiger partial charge in [0.2, 0.25) is 17.5 Å². The summed E-state index contributed by atoms with van der Waals surface area (Å²) in [6.07, 6.45) is 4.33. The summed E-state index contributed by atoms with van der Waals surface area (Å²) >= 11 is 0. The van der Waals surface area contributed by atoms with Crippen molar-refractivity contribution in [3.63, 3.8) is 0 Å². The minimum absolute atomic E-state index is 0.0322. The fraction of sp³-hybridized carbons (Fsp3) is 0.381. The molecule has 5 rings (SSSR count). The largest absolute Gasteiger partial charge is 0.465 e. The number of fused-ring (bicyclic) bond motifs is 1. The molecule has 31 heavy (non-hydrogen) atoms. The number of benzene rings is 1. The van der Waals surface area contributed by atoms with Crippen molar-refractivity contribution in [1.82, 2.24) is 19.5 Å². The number of anilines is 2. The van der Waals surface area contributed by atoms with Gasteiger partial charge >= 0.3 is 0 Å². The zero-order valence-electron chi connectivity index (χ0n) is 17.2. The summed E-state index contributed by atoms with van der Waals surface area (Å²) < 4.78 is 21.2. The van der Waals surface area contributed by atoms with Gasteiger partial charge in [0.25, 0.3) is 0 Å². The highest BCUT2D eigenvalue weighted by Gasteiger charge is 2.45. The van der Waals surface area contributed by atoms with Crippen molar-refractivity contribution in [2.45, 2.75) is 44.4 Å². The summed E-state index contributed by atoms with van der Waals surface area (Å²) in [5, 5.41) is 11.5. The Morgan fingerprint density at radius 1 is 1.35 bits per heavy atom. The van der Waals surface area contributed by atoms with Crippen LogP contribution in [0.5, 0.6) is 0 Å². The Bertz CT molecular complexity index is 1140. The molecule has 10 heteroatoms. The predicted octanol–water partition coefficient (Wildman–Crippen LogP) is 2.26. The molecule has 2 aromatic heterocycles. The van der Waals surface area contributed by atoms with Crippen LogP contribution in [-0.2, 0) is 12.2 Å². The van der Waals surface area contributed by atoms with Gasteiger partial charge in [0, 0.05) is 19.0 Å². The van der Waals surface area contributed by atoms with Crippen LogP contribution in [0, 0.1) is 18.2 Å². The first kappa shape index (κ1) is 19.6. The Labute approximate surface area is 178 Å². The van der Waals surface area contributed by atoms with E-state index in [1.807, 2.05) is 25.1 Å². The lowest BCUT2D eigenvalue weighted by molar-refractivity contribution is 0.200. The van der Waals surface area contributed by atoms with Gasteiger partial charge in [0.1, 0.15) is 5.82 Å². The summed E-state index contributed by atoms with van der Waals surface area (Å²) in [6.45, 7) is 3.52. The van der Waals surface area contributed by atoms with Crippen LogP contribution in [0.1, 0.15) is 36.1 Å². The second-order valence-corrected chi connectivity index (χ2v) is 8.29. The molecule has 0 saturated carbocycles. The average Bonchev–Trinajstić information content (AvgIpc) is 3.42. The zero-order valence-corrected chi connectivity index (χ0v) is 17.2. The van der Waals surface area contributed by atoms with Crippen LogP contribution in [0.25, 0.3) is 0 Å². The van der Waals surface area contributed by atoms with Gasteiger partial charge in [-0.25, -0.2) is 4.39 Å². The number of halogens is 1. The quantitative estimate of drug-likeness (QED) is 0.496. The van der Waals surface area contributed by atoms with Crippen molar-refractivity contribution >= 4 is 11.9 Å². The number of nitrogens with one attached hydrogen (secondary N) is 3. The van der Waals surface area contributed by atoms with E-state index >= 15 is 0 Å². The molecule has 1 aromatic carbocycles. The summed E-state index contributed by atoms with van der Waals surface area (Å²) in [4.78, 5) is 10.5. The van der Waals surface area contributed by atoms with Crippen molar-refractivity contribution in [1.29, 1.82) is 5.41 Å². The SMILES string of the molecule is Cc1cc(F)cc(CN2CCCC2CC2(c3ccco3)Nc3nc(N)nc(=N)n3N2)c1. The van der Waals surface area contributed by atoms with Gasteiger partial charge in [-0.1, -0.05) is 6.07 Å². The maximum atomic E-state index is 13.9. The Kier molecular flexibility index (Phi) is 4.66. The highest BCUT2D eigenvalue weighted by atomic mass is 19.1. The first-order valence-corrected chi connectivity index (χ1v) is 10.3. The number of hydrogen-bond donors (Lipinski definition) is 4. The van der Waals surface area contributed by atoms with Crippen LogP contribution in [0.3, 0.4) is 0 Å². The first-order valence-electron chi connectivity index (χ1n) is 10.3. The van der Waals surface area contributed by atoms with Crippen molar-refractivity contribution < 1.29 is 8.81 Å². The van der Waals surface area contributed by atoms with Crippen LogP contribution < -0.4 is 22.1 Å². The summed E-state index contributed by atoms with van der Waals surface area (Å²) in [6, 6.07) is 9.11. The van der Waals surface area contributed by atoms with E-state index in [4.69, 9.17) is 15.6 Å². The molecule has 0 aliphatic carbocycles. The maximum absolute atomic E-state index is 13.9. The normalized spacial score (nSPS) is 22.8. The Hall–Kier alpha value is -3.40. The molecule has 2 aliphatic rings. The molecule has 2 atom stereocenters. The fourth-order valence-corrected chi connectivity index (χ4v) is 4.70. The smallest absolute Gasteiger partial charge is 0.247 e. The second-order valence-electron chi connectivity index (χ2n) is 8.29. The van der Waals surface area contributed by atoms with Gasteiger partial charge in [0.05, 0.1) is 6.26 Å². The van der Waals surface area contributed by atoms with Gasteiger partial charge in [0.15, 0.2) is 11.4 Å². The predicted molar refractivity (Wildman–Crippen MR) is 113 cm³/mol. The topological polar surface area (TPSA) is 121 Å². The second kappa shape index (κ2) is 7.38. The van der Waals surface area contributed by atoms with E-state index in [-0.39, 0.29) is 23.4 Å². The molecule has 5 N–H and O–H groups in total. The van der Waals surface area contributed by atoms with Crippen LogP contribution in [-0.4, -0.2) is 32.1 Å². The van der Waals surface area contributed by atoms with Gasteiger partial charge in [-0.2, -0.15) is 14.6 Å². The van der Waals surface area contributed by atoms with Crippen molar-refractivity contribution in [3.05, 3.63) is 64.9 Å². The Morgan fingerprint density at radius 2 is 2.23 bits per heavy atom. The number of nitrogen functional groups attached to an aromatic ring is 1. The number of hydrogen-bond acceptors (Lipinski definition) is 8. The van der Waals surface area contributed by atoms with Gasteiger partial charge in [-0.3, -0.25) is 15.7 Å². The van der Waals surface area contributed by atoms with E-state index in [0.717, 1.165) is 30.5 Å². The standard InChI is InChI=1S/C21H25FN8O/c1-13-8-14(10-15(22)9-13)12-29-6-2-4-16(29)11-21(17-5-3-7-31-17)27-20-26-18(23)25-19(24)30(20)28-21/h3,5,7-10,16,28H,2,4,6,11-12H2,1H3,(H4,23,24,25,26,27). The third-order valence-corrected chi connectivity index (χ3v) is 5.96. The van der Waals surface area contributed by atoms with Crippen molar-refractivity contribution in [2.75, 3.05) is 23.0 Å². The van der Waals surface area contributed by atoms with E-state index in [9.17, 15) is 4.39 Å². The monoisotopic (exact) mass is 424 g/mol. The van der Waals surface area contributed by atoms with E-state index in [0.29, 0.717) is 24.7 Å². The third-order valence-electron chi connectivity index (χ3n) is 5.96. The summed E-state index contributed by atoms with van der Waals surface area (Å²) in [5.74, 6) is 0.927. The van der Waals surface area contributed by atoms with Gasteiger partial charge in [-0.15, -0.1) is 0 Å². The van der Waals surface area contributed by atoms with Crippen LogP contribution in [0.2, 0.25) is 0 Å². The van der Waals surface area contributed by atoms with Crippen molar-refractivity contribution in [2.24, 2.45) is 0 Å². The molecule has 0 amide bonds. The average molecular weight is 424 g/mol. The molecule has 9 nitrogen and oxygen atoms in total. The highest BCUT2D eigenvalue weighted by Crippen LogP contribution is 2.37. The molecule has 0 spiro atoms. The van der Waals surface area contributed by atoms with E-state index in [1.165, 1.54) is 4.68 Å². The lowest BCUT2D eigenvalue weighted by atomic mass is 9.96. The minimum atomic E-state index is -0.806. The van der Waals surface area contributed by atoms with Gasteiger partial charge < -0.3 is 15.5 Å². The van der Waals surface area contributed by atoms with E-state index in [2.05, 4.69) is 25.6 Å². The molecule has 162 valence electrons. The molecule has 4 heterocycles. The summed E-state index contributed by atoms with van der Waals surface area (Å²) in [5.41, 5.74) is 10.1. The van der Waals surface area contributed by atoms with Crippen LogP contribution >= 0.6 is 0 Å². The molecule has 1 saturated heterocycles. The molecule has 2 unspecified atom stereocenters. The van der Waals surface area contributed by atoms with Gasteiger partial charge in [-0.05, 0) is 61.7 Å². The molecule has 0 bridgehead atoms. The molecule has 3 aromatic rings. The van der Waals surface area contributed by atoms with E-state index in [1.54, 1.807) is 18.4 Å². The third kappa shape index (κ3) is 3.63. The Balaban J connectivity index is 1.44. The summed E-state index contributed by atoms with van der Waals surface area (Å²) in [7, 11) is 0. The molecule has 0 radical (unpaired) electrons. The van der Waals surface area contributed by atoms with E-state index < -0.39 is 5.66 Å². The fourth-order valence-electron chi connectivity index (χ4n) is 4.70. The minimum Gasteiger partial charge on any atom is -0.465 e. The molecule has 1 fully saturated rings. The lowest BCUT2D eigenvalue weighted by Gasteiger charge is -2.34. The number of aryl methyl sites for hydroxylation is 1. The molecular formula is C21H25FN8O. The van der Waals surface area contributed by atoms with Crippen LogP contribution in [0.15, 0.2) is 41.0 Å². The number of aromatic nitrogens is 3. The number of rotatable bonds is 5. The Morgan fingerprint density at radius 3 is 3.00 bits per heavy atom. The lowest BCUT2D eigenvalue weighted by Crippen LogP contribution is -2.47. The maximum Gasteiger partial charge on any atom is 0.247 e. The molecular weight excluding hydrogens is 399 g/mol. The number of nitrogens with two attached hydrogens (primary N) is 1. The zero-order chi connectivity index (χ0) is 21.6. The molecule has 2 aliphatic heterocycles. The number of nitrogens with zero attached hydrogens (tertiary/aromatic N) is 4. The number of likely N-dealkylation sites (tertiary alicyclic amines) is 1.